The van der Waals surface area contributed by atoms with E-state index in [9.17, 15) is 4.79 Å². The largest absolute Gasteiger partial charge is 0.390 e. The van der Waals surface area contributed by atoms with E-state index in [-0.39, 0.29) is 5.91 Å². The number of amides is 1. The highest BCUT2D eigenvalue weighted by Gasteiger charge is 2.30. The fourth-order valence-corrected chi connectivity index (χ4v) is 4.41. The maximum atomic E-state index is 12.7. The first-order chi connectivity index (χ1) is 9.70. The van der Waals surface area contributed by atoms with Gasteiger partial charge in [-0.15, -0.1) is 11.3 Å². The Morgan fingerprint density at radius 2 is 2.20 bits per heavy atom. The molecular formula is C15H22N2O2S. The molecule has 1 aromatic heterocycles. The lowest BCUT2D eigenvalue weighted by Crippen LogP contribution is -2.41. The van der Waals surface area contributed by atoms with E-state index in [1.165, 1.54) is 23.3 Å². The molecule has 0 aromatic carbocycles. The van der Waals surface area contributed by atoms with Crippen LogP contribution in [0.15, 0.2) is 0 Å². The normalized spacial score (nSPS) is 22.6. The number of hydrogen-bond donors (Lipinski definition) is 1. The fourth-order valence-electron chi connectivity index (χ4n) is 3.18. The molecule has 5 heteroatoms. The van der Waals surface area contributed by atoms with Crippen LogP contribution in [0.25, 0.3) is 0 Å². The van der Waals surface area contributed by atoms with E-state index in [0.29, 0.717) is 31.3 Å². The minimum Gasteiger partial charge on any atom is -0.390 e. The molecule has 1 saturated heterocycles. The number of morpholine rings is 1. The highest BCUT2D eigenvalue weighted by atomic mass is 32.1. The fraction of sp³-hybridized carbons (Fsp3) is 0.667. The standard InChI is InChI=1S/C15H22N2O2S/c1-2-10-3-4-11-12(9-10)20-14(16)13(11)15(18)17-5-7-19-8-6-17/h10H,2-9,16H2,1H3. The molecule has 20 heavy (non-hydrogen) atoms. The van der Waals surface area contributed by atoms with Crippen LogP contribution in [0.2, 0.25) is 0 Å². The molecule has 1 amide bonds. The van der Waals surface area contributed by atoms with Crippen molar-refractivity contribution in [3.05, 3.63) is 16.0 Å². The first-order valence-electron chi connectivity index (χ1n) is 7.47. The molecule has 1 fully saturated rings. The van der Waals surface area contributed by atoms with Crippen LogP contribution in [0.3, 0.4) is 0 Å². The Morgan fingerprint density at radius 3 is 2.90 bits per heavy atom. The number of ether oxygens (including phenoxy) is 1. The summed E-state index contributed by atoms with van der Waals surface area (Å²) in [5, 5.41) is 0.711. The van der Waals surface area contributed by atoms with E-state index < -0.39 is 0 Å². The number of fused-ring (bicyclic) bond motifs is 1. The van der Waals surface area contributed by atoms with Crippen molar-refractivity contribution in [2.75, 3.05) is 32.0 Å². The molecule has 0 saturated carbocycles. The first kappa shape index (κ1) is 13.9. The lowest BCUT2D eigenvalue weighted by molar-refractivity contribution is 0.0303. The van der Waals surface area contributed by atoms with Crippen molar-refractivity contribution < 1.29 is 9.53 Å². The van der Waals surface area contributed by atoms with E-state index in [4.69, 9.17) is 10.5 Å². The first-order valence-corrected chi connectivity index (χ1v) is 8.29. The van der Waals surface area contributed by atoms with Gasteiger partial charge in [-0.3, -0.25) is 4.79 Å². The summed E-state index contributed by atoms with van der Waals surface area (Å²) in [5.74, 6) is 0.866. The monoisotopic (exact) mass is 294 g/mol. The Labute approximate surface area is 123 Å². The molecule has 1 aliphatic heterocycles. The van der Waals surface area contributed by atoms with Crippen molar-refractivity contribution in [1.82, 2.24) is 4.90 Å². The quantitative estimate of drug-likeness (QED) is 0.910. The van der Waals surface area contributed by atoms with Crippen molar-refractivity contribution in [2.24, 2.45) is 5.92 Å². The van der Waals surface area contributed by atoms with Gasteiger partial charge in [-0.1, -0.05) is 13.3 Å². The number of thiophene rings is 1. The van der Waals surface area contributed by atoms with Gasteiger partial charge in [0, 0.05) is 18.0 Å². The molecule has 4 nitrogen and oxygen atoms in total. The Kier molecular flexibility index (Phi) is 3.98. The van der Waals surface area contributed by atoms with Crippen molar-refractivity contribution in [3.63, 3.8) is 0 Å². The van der Waals surface area contributed by atoms with Crippen molar-refractivity contribution in [3.8, 4) is 0 Å². The van der Waals surface area contributed by atoms with Gasteiger partial charge in [0.25, 0.3) is 5.91 Å². The maximum Gasteiger partial charge on any atom is 0.257 e. The zero-order valence-electron chi connectivity index (χ0n) is 12.0. The van der Waals surface area contributed by atoms with Crippen LogP contribution in [-0.2, 0) is 17.6 Å². The minimum absolute atomic E-state index is 0.109. The van der Waals surface area contributed by atoms with Gasteiger partial charge in [0.1, 0.15) is 0 Å². The minimum atomic E-state index is 0.109. The second-order valence-corrected chi connectivity index (χ2v) is 6.80. The number of hydrogen-bond acceptors (Lipinski definition) is 4. The summed E-state index contributed by atoms with van der Waals surface area (Å²) in [5.41, 5.74) is 8.18. The third kappa shape index (κ3) is 2.44. The molecular weight excluding hydrogens is 272 g/mol. The SMILES string of the molecule is CCC1CCc2c(sc(N)c2C(=O)N2CCOCC2)C1. The van der Waals surface area contributed by atoms with E-state index in [1.807, 2.05) is 4.90 Å². The zero-order valence-corrected chi connectivity index (χ0v) is 12.8. The van der Waals surface area contributed by atoms with Crippen LogP contribution < -0.4 is 5.73 Å². The molecule has 2 heterocycles. The predicted molar refractivity (Wildman–Crippen MR) is 81.3 cm³/mol. The summed E-state index contributed by atoms with van der Waals surface area (Å²) in [4.78, 5) is 15.9. The molecule has 0 radical (unpaired) electrons. The topological polar surface area (TPSA) is 55.6 Å². The number of rotatable bonds is 2. The maximum absolute atomic E-state index is 12.7. The number of carbonyl (C=O) groups excluding carboxylic acids is 1. The van der Waals surface area contributed by atoms with Crippen LogP contribution in [-0.4, -0.2) is 37.1 Å². The van der Waals surface area contributed by atoms with Crippen LogP contribution in [0, 0.1) is 5.92 Å². The number of carbonyl (C=O) groups is 1. The van der Waals surface area contributed by atoms with Crippen LogP contribution in [0.5, 0.6) is 0 Å². The van der Waals surface area contributed by atoms with E-state index in [2.05, 4.69) is 6.92 Å². The highest BCUT2D eigenvalue weighted by molar-refractivity contribution is 7.16. The van der Waals surface area contributed by atoms with Gasteiger partial charge in [-0.25, -0.2) is 0 Å². The van der Waals surface area contributed by atoms with Crippen molar-refractivity contribution >= 4 is 22.2 Å². The molecule has 1 aromatic rings. The summed E-state index contributed by atoms with van der Waals surface area (Å²) in [7, 11) is 0. The van der Waals surface area contributed by atoms with E-state index >= 15 is 0 Å². The summed E-state index contributed by atoms with van der Waals surface area (Å²) >= 11 is 1.63. The lowest BCUT2D eigenvalue weighted by Gasteiger charge is -2.28. The zero-order chi connectivity index (χ0) is 14.1. The molecule has 1 atom stereocenters. The highest BCUT2D eigenvalue weighted by Crippen LogP contribution is 2.39. The smallest absolute Gasteiger partial charge is 0.257 e. The van der Waals surface area contributed by atoms with Crippen molar-refractivity contribution in [2.45, 2.75) is 32.6 Å². The summed E-state index contributed by atoms with van der Waals surface area (Å²) < 4.78 is 5.32. The van der Waals surface area contributed by atoms with Gasteiger partial charge in [-0.2, -0.15) is 0 Å². The van der Waals surface area contributed by atoms with Crippen molar-refractivity contribution in [1.29, 1.82) is 0 Å². The predicted octanol–water partition coefficient (Wildman–Crippen LogP) is 2.32. The Bertz CT molecular complexity index is 506. The van der Waals surface area contributed by atoms with Gasteiger partial charge < -0.3 is 15.4 Å². The number of anilines is 1. The number of nitrogens with two attached hydrogens (primary N) is 1. The second-order valence-electron chi connectivity index (χ2n) is 5.66. The van der Waals surface area contributed by atoms with Crippen LogP contribution in [0.1, 0.15) is 40.6 Å². The van der Waals surface area contributed by atoms with E-state index in [1.54, 1.807) is 11.3 Å². The summed E-state index contributed by atoms with van der Waals surface area (Å²) in [6, 6.07) is 0. The molecule has 0 bridgehead atoms. The van der Waals surface area contributed by atoms with Crippen LogP contribution in [0.4, 0.5) is 5.00 Å². The Morgan fingerprint density at radius 1 is 1.45 bits per heavy atom. The third-order valence-electron chi connectivity index (χ3n) is 4.48. The second kappa shape index (κ2) is 5.74. The van der Waals surface area contributed by atoms with Gasteiger partial charge >= 0.3 is 0 Å². The number of nitrogen functional groups attached to an aromatic ring is 1. The van der Waals surface area contributed by atoms with Crippen LogP contribution >= 0.6 is 11.3 Å². The number of nitrogens with zero attached hydrogens (tertiary/aromatic N) is 1. The molecule has 0 spiro atoms. The van der Waals surface area contributed by atoms with Gasteiger partial charge in [0.05, 0.1) is 23.8 Å². The van der Waals surface area contributed by atoms with Gasteiger partial charge in [0.15, 0.2) is 0 Å². The molecule has 110 valence electrons. The summed E-state index contributed by atoms with van der Waals surface area (Å²) in [6.07, 6.45) is 4.50. The molecule has 3 rings (SSSR count). The molecule has 1 aliphatic carbocycles. The lowest BCUT2D eigenvalue weighted by atomic mass is 9.85. The Balaban J connectivity index is 1.86. The van der Waals surface area contributed by atoms with Gasteiger partial charge in [0.2, 0.25) is 0 Å². The Hall–Kier alpha value is -1.07. The summed E-state index contributed by atoms with van der Waals surface area (Å²) in [6.45, 7) is 4.87. The van der Waals surface area contributed by atoms with E-state index in [0.717, 1.165) is 24.3 Å². The molecule has 2 N–H and O–H groups in total. The average molecular weight is 294 g/mol. The van der Waals surface area contributed by atoms with Gasteiger partial charge in [-0.05, 0) is 30.7 Å². The third-order valence-corrected chi connectivity index (χ3v) is 5.57. The molecule has 2 aliphatic rings. The molecule has 1 unspecified atom stereocenters. The average Bonchev–Trinajstić information content (AvgIpc) is 2.82.